The van der Waals surface area contributed by atoms with E-state index in [1.54, 1.807) is 0 Å². The Morgan fingerprint density at radius 2 is 0.757 bits per heavy atom. The van der Waals surface area contributed by atoms with Crippen molar-refractivity contribution in [1.29, 1.82) is 0 Å². The van der Waals surface area contributed by atoms with E-state index in [9.17, 15) is 0 Å². The van der Waals surface area contributed by atoms with Crippen molar-refractivity contribution in [1.82, 2.24) is 0 Å². The van der Waals surface area contributed by atoms with Crippen LogP contribution in [0.2, 0.25) is 0 Å². The van der Waals surface area contributed by atoms with E-state index in [-0.39, 0.29) is 0 Å². The van der Waals surface area contributed by atoms with Crippen molar-refractivity contribution >= 4 is 40.9 Å². The lowest BCUT2D eigenvalue weighted by Gasteiger charge is -2.25. The Morgan fingerprint density at radius 1 is 0.405 bits per heavy atom. The van der Waals surface area contributed by atoms with E-state index in [2.05, 4.69) is 98.8 Å². The summed E-state index contributed by atoms with van der Waals surface area (Å²) in [6.45, 7) is 0. The van der Waals surface area contributed by atoms with Crippen molar-refractivity contribution in [3.63, 3.8) is 0 Å². The summed E-state index contributed by atoms with van der Waals surface area (Å²) in [5.74, 6) is 0. The van der Waals surface area contributed by atoms with Crippen molar-refractivity contribution in [2.45, 2.75) is 0 Å². The first kappa shape index (κ1) is 23.6. The molecule has 0 heterocycles. The highest BCUT2D eigenvalue weighted by molar-refractivity contribution is 5.85. The Balaban J connectivity index is 1.32. The molecule has 5 aromatic carbocycles. The van der Waals surface area contributed by atoms with Crippen LogP contribution in [0, 0.1) is 0 Å². The van der Waals surface area contributed by atoms with Crippen LogP contribution in [0.4, 0.5) is 28.4 Å². The third-order valence-electron chi connectivity index (χ3n) is 5.68. The molecule has 5 nitrogen and oxygen atoms in total. The van der Waals surface area contributed by atoms with Crippen molar-refractivity contribution in [2.24, 2.45) is 10.2 Å². The maximum Gasteiger partial charge on any atom is 0.0561 e. The van der Waals surface area contributed by atoms with Gasteiger partial charge in [0.15, 0.2) is 0 Å². The van der Waals surface area contributed by atoms with E-state index in [1.807, 2.05) is 79.2 Å². The number of nitrogens with one attached hydrogen (secondary N) is 2. The number of para-hydroxylation sites is 3. The Bertz CT molecular complexity index is 1340. The Hall–Kier alpha value is -5.16. The zero-order valence-electron chi connectivity index (χ0n) is 20.3. The molecule has 0 spiro atoms. The van der Waals surface area contributed by atoms with E-state index in [4.69, 9.17) is 0 Å². The summed E-state index contributed by atoms with van der Waals surface area (Å²) in [5.41, 5.74) is 13.2. The fourth-order valence-corrected chi connectivity index (χ4v) is 3.83. The molecule has 0 saturated heterocycles. The third kappa shape index (κ3) is 6.50. The molecule has 180 valence electrons. The lowest BCUT2D eigenvalue weighted by Crippen LogP contribution is -2.10. The van der Waals surface area contributed by atoms with Crippen LogP contribution < -0.4 is 15.8 Å². The number of anilines is 5. The maximum atomic E-state index is 4.35. The van der Waals surface area contributed by atoms with Crippen molar-refractivity contribution in [2.75, 3.05) is 15.8 Å². The van der Waals surface area contributed by atoms with Gasteiger partial charge in [-0.1, -0.05) is 78.9 Å². The molecule has 0 saturated carbocycles. The van der Waals surface area contributed by atoms with Gasteiger partial charge in [0.2, 0.25) is 0 Å². The number of nitrogens with zero attached hydrogens (tertiary/aromatic N) is 3. The van der Waals surface area contributed by atoms with Gasteiger partial charge in [-0.15, -0.1) is 0 Å². The number of hydrazone groups is 2. The van der Waals surface area contributed by atoms with E-state index >= 15 is 0 Å². The van der Waals surface area contributed by atoms with Gasteiger partial charge in [-0.2, -0.15) is 10.2 Å². The molecule has 0 amide bonds. The Labute approximate surface area is 217 Å². The summed E-state index contributed by atoms with van der Waals surface area (Å²) in [7, 11) is 0. The van der Waals surface area contributed by atoms with E-state index in [0.717, 1.165) is 39.6 Å². The predicted molar refractivity (Wildman–Crippen MR) is 156 cm³/mol. The largest absolute Gasteiger partial charge is 0.311 e. The number of rotatable bonds is 9. The fraction of sp³-hybridized carbons (Fsp3) is 0. The van der Waals surface area contributed by atoms with Crippen LogP contribution in [0.1, 0.15) is 11.1 Å². The molecular formula is C32H27N5. The van der Waals surface area contributed by atoms with Gasteiger partial charge < -0.3 is 4.90 Å². The minimum Gasteiger partial charge on any atom is -0.311 e. The van der Waals surface area contributed by atoms with Gasteiger partial charge >= 0.3 is 0 Å². The quantitative estimate of drug-likeness (QED) is 0.165. The highest BCUT2D eigenvalue weighted by Crippen LogP contribution is 2.34. The molecule has 5 aromatic rings. The summed E-state index contributed by atoms with van der Waals surface area (Å²) in [6.07, 6.45) is 3.64. The molecule has 37 heavy (non-hydrogen) atoms. The second-order valence-electron chi connectivity index (χ2n) is 8.33. The lowest BCUT2D eigenvalue weighted by molar-refractivity contribution is 1.28. The average Bonchev–Trinajstić information content (AvgIpc) is 2.97. The van der Waals surface area contributed by atoms with Crippen LogP contribution in [-0.2, 0) is 0 Å². The van der Waals surface area contributed by atoms with Crippen molar-refractivity contribution < 1.29 is 0 Å². The van der Waals surface area contributed by atoms with Crippen LogP contribution in [-0.4, -0.2) is 12.4 Å². The van der Waals surface area contributed by atoms with Crippen LogP contribution >= 0.6 is 0 Å². The summed E-state index contributed by atoms with van der Waals surface area (Å²) in [6, 6.07) is 46.8. The number of hydrogen-bond acceptors (Lipinski definition) is 5. The predicted octanol–water partition coefficient (Wildman–Crippen LogP) is 8.05. The van der Waals surface area contributed by atoms with Crippen molar-refractivity contribution in [3.8, 4) is 0 Å². The monoisotopic (exact) mass is 481 g/mol. The minimum absolute atomic E-state index is 0.954. The molecule has 0 aromatic heterocycles. The SMILES string of the molecule is C(=NNc1ccccc1)c1ccc(N(c2ccccc2)c2ccc(C=NNc3ccccc3)cc2)cc1. The average molecular weight is 482 g/mol. The third-order valence-corrected chi connectivity index (χ3v) is 5.68. The van der Waals surface area contributed by atoms with E-state index < -0.39 is 0 Å². The normalized spacial score (nSPS) is 11.0. The Kier molecular flexibility index (Phi) is 7.65. The summed E-state index contributed by atoms with van der Waals surface area (Å²) in [4.78, 5) is 2.23. The van der Waals surface area contributed by atoms with Gasteiger partial charge in [0.1, 0.15) is 0 Å². The van der Waals surface area contributed by atoms with Crippen LogP contribution in [0.25, 0.3) is 0 Å². The van der Waals surface area contributed by atoms with Gasteiger partial charge in [0.25, 0.3) is 0 Å². The molecule has 0 bridgehead atoms. The molecule has 2 N–H and O–H groups in total. The van der Waals surface area contributed by atoms with Crippen molar-refractivity contribution in [3.05, 3.63) is 151 Å². The highest BCUT2D eigenvalue weighted by Gasteiger charge is 2.11. The van der Waals surface area contributed by atoms with Crippen LogP contribution in [0.15, 0.2) is 150 Å². The molecule has 0 aliphatic carbocycles. The molecule has 0 aliphatic heterocycles. The van der Waals surface area contributed by atoms with Gasteiger partial charge in [-0.25, -0.2) is 0 Å². The molecule has 0 atom stereocenters. The fourth-order valence-electron chi connectivity index (χ4n) is 3.83. The second-order valence-corrected chi connectivity index (χ2v) is 8.33. The van der Waals surface area contributed by atoms with Gasteiger partial charge in [-0.05, 0) is 71.8 Å². The smallest absolute Gasteiger partial charge is 0.0561 e. The zero-order chi connectivity index (χ0) is 25.1. The molecular weight excluding hydrogens is 454 g/mol. The number of benzene rings is 5. The second kappa shape index (κ2) is 12.0. The molecule has 0 aliphatic rings. The molecule has 5 rings (SSSR count). The highest BCUT2D eigenvalue weighted by atomic mass is 15.3. The zero-order valence-corrected chi connectivity index (χ0v) is 20.3. The molecule has 0 radical (unpaired) electrons. The van der Waals surface area contributed by atoms with Gasteiger partial charge in [0.05, 0.1) is 23.8 Å². The van der Waals surface area contributed by atoms with E-state index in [1.165, 1.54) is 0 Å². The van der Waals surface area contributed by atoms with E-state index in [0.29, 0.717) is 0 Å². The van der Waals surface area contributed by atoms with Gasteiger partial charge in [0, 0.05) is 17.1 Å². The standard InChI is InChI=1S/C32H27N5/c1-4-10-28(11-5-1)35-33-24-26-16-20-31(21-17-26)37(30-14-8-3-9-15-30)32-22-18-27(19-23-32)25-34-36-29-12-6-2-7-13-29/h1-25,35-36H. The maximum absolute atomic E-state index is 4.35. The minimum atomic E-state index is 0.954. The first-order chi connectivity index (χ1) is 18.3. The topological polar surface area (TPSA) is 52.0 Å². The Morgan fingerprint density at radius 3 is 1.16 bits per heavy atom. The molecule has 5 heteroatoms. The first-order valence-electron chi connectivity index (χ1n) is 12.1. The summed E-state index contributed by atoms with van der Waals surface area (Å²) in [5, 5.41) is 8.70. The molecule has 0 unspecified atom stereocenters. The lowest BCUT2D eigenvalue weighted by atomic mass is 10.1. The van der Waals surface area contributed by atoms with Crippen LogP contribution in [0.5, 0.6) is 0 Å². The summed E-state index contributed by atoms with van der Waals surface area (Å²) < 4.78 is 0. The van der Waals surface area contributed by atoms with Crippen LogP contribution in [0.3, 0.4) is 0 Å². The number of hydrogen-bond donors (Lipinski definition) is 2. The van der Waals surface area contributed by atoms with Gasteiger partial charge in [-0.3, -0.25) is 10.9 Å². The molecule has 0 fully saturated rings. The summed E-state index contributed by atoms with van der Waals surface area (Å²) >= 11 is 0. The first-order valence-corrected chi connectivity index (χ1v) is 12.1.